The molecule has 0 aliphatic heterocycles. The molecule has 0 N–H and O–H groups in total. The van der Waals surface area contributed by atoms with E-state index < -0.39 is 0 Å². The molecule has 3 aromatic heterocycles. The van der Waals surface area contributed by atoms with Crippen LogP contribution in [-0.2, 0) is 10.8 Å². The third-order valence-corrected chi connectivity index (χ3v) is 7.26. The number of rotatable bonds is 3. The quantitative estimate of drug-likeness (QED) is 0.228. The van der Waals surface area contributed by atoms with Gasteiger partial charge in [-0.25, -0.2) is 4.98 Å². The third kappa shape index (κ3) is 4.30. The molecule has 6 aromatic rings. The van der Waals surface area contributed by atoms with Crippen LogP contribution in [0.1, 0.15) is 52.7 Å². The van der Waals surface area contributed by atoms with E-state index in [1.165, 1.54) is 21.9 Å². The lowest BCUT2D eigenvalue weighted by molar-refractivity contribution is 0.479. The van der Waals surface area contributed by atoms with Crippen LogP contribution in [0.3, 0.4) is 0 Å². The zero-order valence-electron chi connectivity index (χ0n) is 22.9. The van der Waals surface area contributed by atoms with E-state index in [-0.39, 0.29) is 10.8 Å². The molecule has 0 radical (unpaired) electrons. The fourth-order valence-electron chi connectivity index (χ4n) is 5.05. The molecule has 0 saturated heterocycles. The van der Waals surface area contributed by atoms with Crippen molar-refractivity contribution in [1.82, 2.24) is 14.4 Å². The van der Waals surface area contributed by atoms with E-state index in [4.69, 9.17) is 9.72 Å². The molecule has 0 bridgehead atoms. The second-order valence-corrected chi connectivity index (χ2v) is 12.1. The summed E-state index contributed by atoms with van der Waals surface area (Å²) < 4.78 is 8.70. The van der Waals surface area contributed by atoms with Crippen LogP contribution >= 0.6 is 0 Å². The third-order valence-electron chi connectivity index (χ3n) is 7.26. The summed E-state index contributed by atoms with van der Waals surface area (Å²) in [6.07, 6.45) is 5.78. The van der Waals surface area contributed by atoms with Crippen molar-refractivity contribution in [3.63, 3.8) is 0 Å². The van der Waals surface area contributed by atoms with E-state index in [0.717, 1.165) is 39.3 Å². The van der Waals surface area contributed by atoms with Crippen LogP contribution in [-0.4, -0.2) is 14.4 Å². The molecule has 3 heterocycles. The molecule has 190 valence electrons. The van der Waals surface area contributed by atoms with Gasteiger partial charge in [-0.3, -0.25) is 9.38 Å². The van der Waals surface area contributed by atoms with Crippen LogP contribution in [0, 0.1) is 0 Å². The number of fused-ring (bicyclic) bond motifs is 6. The maximum atomic E-state index is 6.55. The number of para-hydroxylation sites is 1. The Bertz CT molecular complexity index is 1820. The van der Waals surface area contributed by atoms with Crippen LogP contribution < -0.4 is 4.74 Å². The van der Waals surface area contributed by atoms with E-state index >= 15 is 0 Å². The molecule has 4 nitrogen and oxygen atoms in total. The zero-order valence-corrected chi connectivity index (χ0v) is 22.9. The highest BCUT2D eigenvalue weighted by atomic mass is 16.5. The van der Waals surface area contributed by atoms with Crippen molar-refractivity contribution in [3.8, 4) is 22.8 Å². The second-order valence-electron chi connectivity index (χ2n) is 12.1. The van der Waals surface area contributed by atoms with Crippen LogP contribution in [0.15, 0.2) is 91.4 Å². The Kier molecular flexibility index (Phi) is 5.53. The molecular weight excluding hydrogens is 466 g/mol. The summed E-state index contributed by atoms with van der Waals surface area (Å²) in [7, 11) is 0. The highest BCUT2D eigenvalue weighted by Gasteiger charge is 2.19. The summed E-state index contributed by atoms with van der Waals surface area (Å²) in [5.74, 6) is 1.58. The monoisotopic (exact) mass is 499 g/mol. The van der Waals surface area contributed by atoms with Crippen molar-refractivity contribution in [2.75, 3.05) is 0 Å². The molecule has 0 amide bonds. The number of hydrogen-bond acceptors (Lipinski definition) is 3. The highest BCUT2D eigenvalue weighted by Crippen LogP contribution is 2.37. The lowest BCUT2D eigenvalue weighted by Crippen LogP contribution is -2.12. The van der Waals surface area contributed by atoms with Crippen molar-refractivity contribution in [3.05, 3.63) is 103 Å². The number of benzene rings is 3. The summed E-state index contributed by atoms with van der Waals surface area (Å²) in [6, 6.07) is 25.5. The van der Waals surface area contributed by atoms with Crippen molar-refractivity contribution in [2.24, 2.45) is 0 Å². The van der Waals surface area contributed by atoms with Crippen molar-refractivity contribution < 1.29 is 4.74 Å². The average molecular weight is 500 g/mol. The number of ether oxygens (including phenoxy) is 1. The zero-order chi connectivity index (χ0) is 26.7. The first-order valence-electron chi connectivity index (χ1n) is 13.2. The summed E-state index contributed by atoms with van der Waals surface area (Å²) in [4.78, 5) is 9.40. The fraction of sp³-hybridized carbons (Fsp3) is 0.235. The summed E-state index contributed by atoms with van der Waals surface area (Å²) >= 11 is 0. The van der Waals surface area contributed by atoms with E-state index in [9.17, 15) is 0 Å². The van der Waals surface area contributed by atoms with E-state index in [0.29, 0.717) is 0 Å². The molecule has 0 spiro atoms. The first-order chi connectivity index (χ1) is 18.1. The minimum Gasteiger partial charge on any atom is -0.457 e. The predicted molar refractivity (Wildman–Crippen MR) is 157 cm³/mol. The summed E-state index contributed by atoms with van der Waals surface area (Å²) in [6.45, 7) is 13.4. The van der Waals surface area contributed by atoms with Gasteiger partial charge in [0.2, 0.25) is 0 Å². The predicted octanol–water partition coefficient (Wildman–Crippen LogP) is 9.09. The smallest absolute Gasteiger partial charge is 0.145 e. The van der Waals surface area contributed by atoms with Crippen molar-refractivity contribution >= 4 is 27.3 Å². The minimum atomic E-state index is -0.0416. The van der Waals surface area contributed by atoms with E-state index in [1.54, 1.807) is 0 Å². The SMILES string of the molecule is CC(C)(C)c1cc(Oc2ccc3c4ccccc4n4ccnc4c3c2)cc(-c2cc(C(C)(C)C)ccn2)c1. The minimum absolute atomic E-state index is 0.0416. The lowest BCUT2D eigenvalue weighted by Gasteiger charge is -2.22. The molecule has 0 fully saturated rings. The van der Waals surface area contributed by atoms with Crippen molar-refractivity contribution in [1.29, 1.82) is 0 Å². The molecule has 3 aromatic carbocycles. The van der Waals surface area contributed by atoms with Gasteiger partial charge in [0, 0.05) is 34.9 Å². The summed E-state index contributed by atoms with van der Waals surface area (Å²) in [5, 5.41) is 3.43. The molecular formula is C34H33N3O. The molecule has 6 rings (SSSR count). The van der Waals surface area contributed by atoms with Gasteiger partial charge in [-0.1, -0.05) is 59.7 Å². The van der Waals surface area contributed by atoms with Gasteiger partial charge in [0.05, 0.1) is 11.2 Å². The standard InChI is InChI=1S/C34H33N3O/c1-33(2,3)23-13-14-35-30(20-23)22-17-24(34(4,5)6)19-26(18-22)38-25-11-12-27-28-9-7-8-10-31(28)37-16-15-36-32(37)29(27)21-25/h7-21H,1-6H3. The number of hydrogen-bond donors (Lipinski definition) is 0. The average Bonchev–Trinajstić information content (AvgIpc) is 3.38. The van der Waals surface area contributed by atoms with Gasteiger partial charge in [0.25, 0.3) is 0 Å². The molecule has 0 aliphatic rings. The molecule has 4 heteroatoms. The maximum absolute atomic E-state index is 6.55. The Morgan fingerprint density at radius 2 is 1.42 bits per heavy atom. The fourth-order valence-corrected chi connectivity index (χ4v) is 5.05. The lowest BCUT2D eigenvalue weighted by atomic mass is 9.84. The number of pyridine rings is 2. The second kappa shape index (κ2) is 8.70. The Hall–Kier alpha value is -4.18. The Morgan fingerprint density at radius 3 is 2.21 bits per heavy atom. The highest BCUT2D eigenvalue weighted by molar-refractivity contribution is 6.12. The van der Waals surface area contributed by atoms with Gasteiger partial charge in [0.15, 0.2) is 0 Å². The van der Waals surface area contributed by atoms with Crippen LogP contribution in [0.25, 0.3) is 38.6 Å². The topological polar surface area (TPSA) is 39.4 Å². The van der Waals surface area contributed by atoms with Gasteiger partial charge >= 0.3 is 0 Å². The van der Waals surface area contributed by atoms with Gasteiger partial charge in [0.1, 0.15) is 17.1 Å². The largest absolute Gasteiger partial charge is 0.457 e. The van der Waals surface area contributed by atoms with Crippen LogP contribution in [0.5, 0.6) is 11.5 Å². The number of nitrogens with zero attached hydrogens (tertiary/aromatic N) is 3. The number of aromatic nitrogens is 3. The normalized spacial score (nSPS) is 12.5. The Morgan fingerprint density at radius 1 is 0.632 bits per heavy atom. The van der Waals surface area contributed by atoms with Crippen LogP contribution in [0.4, 0.5) is 0 Å². The summed E-state index contributed by atoms with van der Waals surface area (Å²) in [5.41, 5.74) is 6.56. The van der Waals surface area contributed by atoms with Gasteiger partial charge < -0.3 is 4.74 Å². The van der Waals surface area contributed by atoms with Gasteiger partial charge in [-0.05, 0) is 81.9 Å². The van der Waals surface area contributed by atoms with Crippen LogP contribution in [0.2, 0.25) is 0 Å². The molecule has 0 atom stereocenters. The van der Waals surface area contributed by atoms with Gasteiger partial charge in [-0.15, -0.1) is 0 Å². The van der Waals surface area contributed by atoms with E-state index in [1.807, 2.05) is 18.6 Å². The maximum Gasteiger partial charge on any atom is 0.145 e. The molecule has 0 unspecified atom stereocenters. The molecule has 38 heavy (non-hydrogen) atoms. The number of imidazole rings is 1. The molecule has 0 saturated carbocycles. The first-order valence-corrected chi connectivity index (χ1v) is 13.2. The van der Waals surface area contributed by atoms with E-state index in [2.05, 4.69) is 124 Å². The van der Waals surface area contributed by atoms with Gasteiger partial charge in [-0.2, -0.15) is 0 Å². The first kappa shape index (κ1) is 24.2. The van der Waals surface area contributed by atoms with Crippen molar-refractivity contribution in [2.45, 2.75) is 52.4 Å². The Balaban J connectivity index is 1.47. The molecule has 0 aliphatic carbocycles. The Labute approximate surface area is 223 Å².